The maximum atomic E-state index is 14.1. The number of rotatable bonds is 3. The quantitative estimate of drug-likeness (QED) is 0.512. The van der Waals surface area contributed by atoms with E-state index in [2.05, 4.69) is 10.2 Å². The minimum absolute atomic E-state index is 0.151. The van der Waals surface area contributed by atoms with Crippen LogP contribution in [-0.2, 0) is 6.42 Å². The maximum Gasteiger partial charge on any atom is 0.153 e. The summed E-state index contributed by atoms with van der Waals surface area (Å²) >= 11 is 0. The molecule has 4 aromatic rings. The number of hydrogen-bond donors (Lipinski definition) is 3. The summed E-state index contributed by atoms with van der Waals surface area (Å²) in [5, 5.41) is 17.1. The van der Waals surface area contributed by atoms with Gasteiger partial charge >= 0.3 is 0 Å². The van der Waals surface area contributed by atoms with Crippen molar-refractivity contribution in [2.24, 2.45) is 0 Å². The van der Waals surface area contributed by atoms with Gasteiger partial charge in [-0.25, -0.2) is 8.78 Å². The number of hydrogen-bond acceptors (Lipinski definition) is 3. The zero-order valence-electron chi connectivity index (χ0n) is 13.6. The lowest BCUT2D eigenvalue weighted by Gasteiger charge is -2.12. The molecule has 0 bridgehead atoms. The topological polar surface area (TPSA) is 74.9 Å². The number of aromatic hydroxyl groups is 1. The molecule has 0 spiro atoms. The Bertz CT molecular complexity index is 1100. The summed E-state index contributed by atoms with van der Waals surface area (Å²) in [6.45, 7) is 0. The molecular weight excluding hydrogens is 336 g/mol. The van der Waals surface area contributed by atoms with Crippen LogP contribution in [0.25, 0.3) is 22.0 Å². The standard InChI is InChI=1S/C20H15F2N3O/c21-14-3-6-18(22)13(8-14)7-12-9-17-19(24-25-20(17)23)10-16(12)11-1-4-15(26)5-2-11/h1-6,8-10,26H,7H2,(H3,23,24,25). The maximum absolute atomic E-state index is 14.1. The number of nitrogens with two attached hydrogens (primary N) is 1. The highest BCUT2D eigenvalue weighted by Gasteiger charge is 2.14. The number of benzene rings is 3. The molecule has 6 heteroatoms. The van der Waals surface area contributed by atoms with Crippen molar-refractivity contribution in [2.45, 2.75) is 6.42 Å². The van der Waals surface area contributed by atoms with Crippen molar-refractivity contribution in [1.29, 1.82) is 0 Å². The van der Waals surface area contributed by atoms with Gasteiger partial charge in [-0.3, -0.25) is 5.10 Å². The molecule has 0 atom stereocenters. The molecule has 26 heavy (non-hydrogen) atoms. The number of aromatic nitrogens is 2. The Balaban J connectivity index is 1.90. The molecule has 130 valence electrons. The van der Waals surface area contributed by atoms with Crippen LogP contribution in [0.2, 0.25) is 0 Å². The Morgan fingerprint density at radius 1 is 0.962 bits per heavy atom. The summed E-state index contributed by atoms with van der Waals surface area (Å²) < 4.78 is 27.7. The van der Waals surface area contributed by atoms with Crippen LogP contribution in [0.3, 0.4) is 0 Å². The average molecular weight is 351 g/mol. The van der Waals surface area contributed by atoms with E-state index < -0.39 is 11.6 Å². The molecule has 4 nitrogen and oxygen atoms in total. The number of nitrogen functional groups attached to an aromatic ring is 1. The number of anilines is 1. The van der Waals surface area contributed by atoms with Gasteiger partial charge in [0.1, 0.15) is 17.4 Å². The van der Waals surface area contributed by atoms with Crippen LogP contribution in [0.1, 0.15) is 11.1 Å². The van der Waals surface area contributed by atoms with Crippen LogP contribution in [0.5, 0.6) is 5.75 Å². The third-order valence-corrected chi connectivity index (χ3v) is 4.38. The molecular formula is C20H15F2N3O. The molecule has 0 amide bonds. The van der Waals surface area contributed by atoms with E-state index in [4.69, 9.17) is 5.73 Å². The van der Waals surface area contributed by atoms with E-state index in [0.717, 1.165) is 39.7 Å². The Morgan fingerprint density at radius 2 is 1.73 bits per heavy atom. The Morgan fingerprint density at radius 3 is 2.50 bits per heavy atom. The molecule has 3 aromatic carbocycles. The van der Waals surface area contributed by atoms with Gasteiger partial charge in [-0.05, 0) is 64.7 Å². The summed E-state index contributed by atoms with van der Waals surface area (Å²) in [6.07, 6.45) is 0.195. The van der Waals surface area contributed by atoms with Crippen LogP contribution < -0.4 is 5.73 Å². The van der Waals surface area contributed by atoms with Crippen LogP contribution in [0, 0.1) is 11.6 Å². The summed E-state index contributed by atoms with van der Waals surface area (Å²) in [5.41, 5.74) is 9.33. The minimum atomic E-state index is -0.489. The second-order valence-electron chi connectivity index (χ2n) is 6.12. The number of fused-ring (bicyclic) bond motifs is 1. The number of nitrogens with zero attached hydrogens (tertiary/aromatic N) is 1. The van der Waals surface area contributed by atoms with Crippen molar-refractivity contribution < 1.29 is 13.9 Å². The van der Waals surface area contributed by atoms with Gasteiger partial charge in [-0.2, -0.15) is 5.10 Å². The van der Waals surface area contributed by atoms with Crippen LogP contribution in [0.15, 0.2) is 54.6 Å². The predicted molar refractivity (Wildman–Crippen MR) is 96.8 cm³/mol. The van der Waals surface area contributed by atoms with Gasteiger partial charge in [-0.15, -0.1) is 0 Å². The molecule has 4 rings (SSSR count). The largest absolute Gasteiger partial charge is 0.508 e. The molecule has 0 aliphatic heterocycles. The van der Waals surface area contributed by atoms with Gasteiger partial charge in [0, 0.05) is 11.8 Å². The zero-order chi connectivity index (χ0) is 18.3. The van der Waals surface area contributed by atoms with Gasteiger partial charge in [-0.1, -0.05) is 12.1 Å². The van der Waals surface area contributed by atoms with Gasteiger partial charge < -0.3 is 10.8 Å². The number of phenols is 1. The summed E-state index contributed by atoms with van der Waals surface area (Å²) in [4.78, 5) is 0. The SMILES string of the molecule is Nc1n[nH]c2cc(-c3ccc(O)cc3)c(Cc3cc(F)ccc3F)cc12. The number of H-pyrrole nitrogens is 1. The lowest BCUT2D eigenvalue weighted by atomic mass is 9.93. The average Bonchev–Trinajstić information content (AvgIpc) is 2.99. The fraction of sp³-hybridized carbons (Fsp3) is 0.0500. The van der Waals surface area contributed by atoms with E-state index in [1.54, 1.807) is 24.3 Å². The molecule has 4 N–H and O–H groups in total. The number of aromatic amines is 1. The Hall–Kier alpha value is -3.41. The summed E-state index contributed by atoms with van der Waals surface area (Å²) in [5.74, 6) is -0.462. The number of nitrogens with one attached hydrogen (secondary N) is 1. The lowest BCUT2D eigenvalue weighted by Crippen LogP contribution is -1.97. The normalized spacial score (nSPS) is 11.2. The molecule has 1 heterocycles. The third-order valence-electron chi connectivity index (χ3n) is 4.38. The van der Waals surface area contributed by atoms with Gasteiger partial charge in [0.15, 0.2) is 5.82 Å². The van der Waals surface area contributed by atoms with Crippen molar-refractivity contribution in [3.63, 3.8) is 0 Å². The summed E-state index contributed by atoms with van der Waals surface area (Å²) in [6, 6.07) is 13.8. The first-order valence-corrected chi connectivity index (χ1v) is 8.01. The van der Waals surface area contributed by atoms with Crippen molar-refractivity contribution in [3.05, 3.63) is 77.4 Å². The van der Waals surface area contributed by atoms with Crippen LogP contribution in [0.4, 0.5) is 14.6 Å². The highest BCUT2D eigenvalue weighted by molar-refractivity contribution is 5.93. The van der Waals surface area contributed by atoms with Crippen LogP contribution >= 0.6 is 0 Å². The highest BCUT2D eigenvalue weighted by atomic mass is 19.1. The van der Waals surface area contributed by atoms with Crippen molar-refractivity contribution in [3.8, 4) is 16.9 Å². The van der Waals surface area contributed by atoms with Crippen molar-refractivity contribution in [2.75, 3.05) is 5.73 Å². The molecule has 0 radical (unpaired) electrons. The molecule has 0 fully saturated rings. The molecule has 0 aliphatic rings. The van der Waals surface area contributed by atoms with Gasteiger partial charge in [0.2, 0.25) is 0 Å². The smallest absolute Gasteiger partial charge is 0.153 e. The van der Waals surface area contributed by atoms with Gasteiger partial charge in [0.05, 0.1) is 5.52 Å². The third kappa shape index (κ3) is 2.86. The van der Waals surface area contributed by atoms with E-state index in [1.165, 1.54) is 6.07 Å². The van der Waals surface area contributed by atoms with E-state index in [1.807, 2.05) is 12.1 Å². The second-order valence-corrected chi connectivity index (χ2v) is 6.12. The van der Waals surface area contributed by atoms with E-state index >= 15 is 0 Å². The minimum Gasteiger partial charge on any atom is -0.508 e. The Labute approximate surface area is 147 Å². The van der Waals surface area contributed by atoms with E-state index in [9.17, 15) is 13.9 Å². The Kier molecular flexibility index (Phi) is 3.80. The molecule has 0 unspecified atom stereocenters. The van der Waals surface area contributed by atoms with E-state index in [0.29, 0.717) is 5.82 Å². The van der Waals surface area contributed by atoms with Gasteiger partial charge in [0.25, 0.3) is 0 Å². The number of halogens is 2. The molecule has 0 aliphatic carbocycles. The van der Waals surface area contributed by atoms with E-state index in [-0.39, 0.29) is 17.7 Å². The van der Waals surface area contributed by atoms with Crippen LogP contribution in [-0.4, -0.2) is 15.3 Å². The zero-order valence-corrected chi connectivity index (χ0v) is 13.6. The fourth-order valence-corrected chi connectivity index (χ4v) is 3.07. The first kappa shape index (κ1) is 16.1. The molecule has 0 saturated heterocycles. The molecule has 0 saturated carbocycles. The first-order valence-electron chi connectivity index (χ1n) is 8.01. The fourth-order valence-electron chi connectivity index (χ4n) is 3.07. The number of phenolic OH excluding ortho intramolecular Hbond substituents is 1. The monoisotopic (exact) mass is 351 g/mol. The summed E-state index contributed by atoms with van der Waals surface area (Å²) in [7, 11) is 0. The van der Waals surface area contributed by atoms with Crippen molar-refractivity contribution in [1.82, 2.24) is 10.2 Å². The predicted octanol–water partition coefficient (Wildman–Crippen LogP) is 4.39. The second kappa shape index (κ2) is 6.15. The van der Waals surface area contributed by atoms with Crippen molar-refractivity contribution >= 4 is 16.7 Å². The highest BCUT2D eigenvalue weighted by Crippen LogP contribution is 2.32. The molecule has 1 aromatic heterocycles. The lowest BCUT2D eigenvalue weighted by molar-refractivity contribution is 0.475. The first-order chi connectivity index (χ1) is 12.5.